The van der Waals surface area contributed by atoms with E-state index in [1.807, 2.05) is 36.4 Å². The number of hydrogen-bond donors (Lipinski definition) is 4. The molecule has 1 aliphatic rings. The van der Waals surface area contributed by atoms with Crippen LogP contribution >= 0.6 is 0 Å². The van der Waals surface area contributed by atoms with Gasteiger partial charge in [0.05, 0.1) is 0 Å². The molecule has 6 nitrogen and oxygen atoms in total. The number of piperazine rings is 1. The first kappa shape index (κ1) is 19.1. The highest BCUT2D eigenvalue weighted by Gasteiger charge is 2.22. The van der Waals surface area contributed by atoms with E-state index in [9.17, 15) is 20.1 Å². The Labute approximate surface area is 154 Å². The molecular formula is C18H24B2N2O4. The molecule has 0 radical (unpaired) electrons. The zero-order valence-corrected chi connectivity index (χ0v) is 14.7. The van der Waals surface area contributed by atoms with Gasteiger partial charge in [-0.2, -0.15) is 0 Å². The van der Waals surface area contributed by atoms with Crippen molar-refractivity contribution in [3.8, 4) is 0 Å². The van der Waals surface area contributed by atoms with E-state index in [-0.39, 0.29) is 0 Å². The van der Waals surface area contributed by atoms with Crippen molar-refractivity contribution >= 4 is 25.2 Å². The fourth-order valence-electron chi connectivity index (χ4n) is 3.45. The van der Waals surface area contributed by atoms with Crippen LogP contribution in [0.25, 0.3) is 0 Å². The van der Waals surface area contributed by atoms with Gasteiger partial charge >= 0.3 is 14.2 Å². The van der Waals surface area contributed by atoms with Gasteiger partial charge in [0.1, 0.15) is 0 Å². The van der Waals surface area contributed by atoms with Crippen molar-refractivity contribution in [2.75, 3.05) is 26.2 Å². The summed E-state index contributed by atoms with van der Waals surface area (Å²) in [6.45, 7) is 4.87. The van der Waals surface area contributed by atoms with Gasteiger partial charge in [-0.05, 0) is 22.1 Å². The molecular weight excluding hydrogens is 330 g/mol. The summed E-state index contributed by atoms with van der Waals surface area (Å²) >= 11 is 0. The average molecular weight is 354 g/mol. The van der Waals surface area contributed by atoms with E-state index in [4.69, 9.17) is 0 Å². The molecule has 0 amide bonds. The normalized spacial score (nSPS) is 15.8. The van der Waals surface area contributed by atoms with E-state index < -0.39 is 14.2 Å². The predicted molar refractivity (Wildman–Crippen MR) is 103 cm³/mol. The van der Waals surface area contributed by atoms with E-state index in [0.717, 1.165) is 37.3 Å². The summed E-state index contributed by atoms with van der Waals surface area (Å²) in [5.41, 5.74) is 2.98. The van der Waals surface area contributed by atoms with Gasteiger partial charge < -0.3 is 20.1 Å². The topological polar surface area (TPSA) is 87.4 Å². The van der Waals surface area contributed by atoms with E-state index in [2.05, 4.69) is 9.80 Å². The Morgan fingerprint density at radius 3 is 1.31 bits per heavy atom. The van der Waals surface area contributed by atoms with Gasteiger partial charge in [0.15, 0.2) is 0 Å². The lowest BCUT2D eigenvalue weighted by molar-refractivity contribution is 0.122. The lowest BCUT2D eigenvalue weighted by Crippen LogP contribution is -2.47. The molecule has 4 N–H and O–H groups in total. The summed E-state index contributed by atoms with van der Waals surface area (Å²) < 4.78 is 0. The van der Waals surface area contributed by atoms with E-state index in [0.29, 0.717) is 24.0 Å². The van der Waals surface area contributed by atoms with Crippen LogP contribution in [0.5, 0.6) is 0 Å². The number of hydrogen-bond acceptors (Lipinski definition) is 6. The van der Waals surface area contributed by atoms with Gasteiger partial charge in [0.25, 0.3) is 0 Å². The third-order valence-corrected chi connectivity index (χ3v) is 4.92. The van der Waals surface area contributed by atoms with Crippen LogP contribution in [0, 0.1) is 0 Å². The monoisotopic (exact) mass is 354 g/mol. The summed E-state index contributed by atoms with van der Waals surface area (Å²) in [4.78, 5) is 4.59. The summed E-state index contributed by atoms with van der Waals surface area (Å²) in [7, 11) is -2.90. The van der Waals surface area contributed by atoms with Gasteiger partial charge in [-0.25, -0.2) is 0 Å². The first-order valence-electron chi connectivity index (χ1n) is 8.87. The molecule has 8 heteroatoms. The van der Waals surface area contributed by atoms with Gasteiger partial charge in [-0.1, -0.05) is 48.5 Å². The third kappa shape index (κ3) is 4.73. The molecule has 1 saturated heterocycles. The van der Waals surface area contributed by atoms with E-state index in [1.165, 1.54) is 0 Å². The van der Waals surface area contributed by atoms with Gasteiger partial charge in [0.2, 0.25) is 0 Å². The molecule has 0 bridgehead atoms. The fraction of sp³-hybridized carbons (Fsp3) is 0.333. The molecule has 0 atom stereocenters. The van der Waals surface area contributed by atoms with Crippen LogP contribution in [-0.4, -0.2) is 70.3 Å². The number of nitrogens with zero attached hydrogens (tertiary/aromatic N) is 2. The van der Waals surface area contributed by atoms with Crippen LogP contribution in [0.1, 0.15) is 11.1 Å². The van der Waals surface area contributed by atoms with Crippen LogP contribution in [0.15, 0.2) is 48.5 Å². The molecule has 26 heavy (non-hydrogen) atoms. The van der Waals surface area contributed by atoms with Crippen LogP contribution < -0.4 is 10.9 Å². The van der Waals surface area contributed by atoms with Crippen molar-refractivity contribution in [3.05, 3.63) is 59.7 Å². The second-order valence-electron chi connectivity index (χ2n) is 6.70. The first-order valence-corrected chi connectivity index (χ1v) is 8.87. The summed E-state index contributed by atoms with van der Waals surface area (Å²) in [5.74, 6) is 0. The van der Waals surface area contributed by atoms with Crippen molar-refractivity contribution in [1.29, 1.82) is 0 Å². The number of benzene rings is 2. The average Bonchev–Trinajstić information content (AvgIpc) is 2.64. The molecule has 0 saturated carbocycles. The second-order valence-corrected chi connectivity index (χ2v) is 6.70. The predicted octanol–water partition coefficient (Wildman–Crippen LogP) is -1.64. The Bertz CT molecular complexity index is 660. The van der Waals surface area contributed by atoms with Crippen molar-refractivity contribution in [2.45, 2.75) is 13.1 Å². The lowest BCUT2D eigenvalue weighted by Gasteiger charge is -2.35. The fourth-order valence-corrected chi connectivity index (χ4v) is 3.45. The van der Waals surface area contributed by atoms with Crippen molar-refractivity contribution in [2.24, 2.45) is 0 Å². The summed E-state index contributed by atoms with van der Waals surface area (Å²) in [6.07, 6.45) is 0. The molecule has 0 aromatic heterocycles. The quantitative estimate of drug-likeness (QED) is 0.466. The largest absolute Gasteiger partial charge is 0.488 e. The Kier molecular flexibility index (Phi) is 6.48. The summed E-state index contributed by atoms with van der Waals surface area (Å²) in [5, 5.41) is 38.0. The molecule has 2 aromatic rings. The van der Waals surface area contributed by atoms with E-state index in [1.54, 1.807) is 12.1 Å². The zero-order valence-electron chi connectivity index (χ0n) is 14.7. The molecule has 0 unspecified atom stereocenters. The minimum atomic E-state index is -1.45. The molecule has 1 heterocycles. The van der Waals surface area contributed by atoms with E-state index >= 15 is 0 Å². The molecule has 1 fully saturated rings. The van der Waals surface area contributed by atoms with Gasteiger partial charge in [0, 0.05) is 39.3 Å². The minimum absolute atomic E-state index is 0.556. The highest BCUT2D eigenvalue weighted by atomic mass is 16.4. The molecule has 0 aliphatic carbocycles. The van der Waals surface area contributed by atoms with Crippen LogP contribution in [0.4, 0.5) is 0 Å². The first-order chi connectivity index (χ1) is 12.5. The van der Waals surface area contributed by atoms with Gasteiger partial charge in [-0.15, -0.1) is 0 Å². The highest BCUT2D eigenvalue weighted by Crippen LogP contribution is 2.11. The number of rotatable bonds is 6. The molecule has 1 aliphatic heterocycles. The van der Waals surface area contributed by atoms with Crippen molar-refractivity contribution in [3.63, 3.8) is 0 Å². The Hall–Kier alpha value is -1.67. The molecule has 0 spiro atoms. The van der Waals surface area contributed by atoms with Gasteiger partial charge in [-0.3, -0.25) is 9.80 Å². The highest BCUT2D eigenvalue weighted by molar-refractivity contribution is 6.59. The maximum Gasteiger partial charge on any atom is 0.488 e. The Morgan fingerprint density at radius 2 is 0.962 bits per heavy atom. The Morgan fingerprint density at radius 1 is 0.615 bits per heavy atom. The Balaban J connectivity index is 1.57. The summed E-state index contributed by atoms with van der Waals surface area (Å²) in [6, 6.07) is 14.8. The zero-order chi connectivity index (χ0) is 18.5. The lowest BCUT2D eigenvalue weighted by atomic mass is 9.77. The van der Waals surface area contributed by atoms with Crippen LogP contribution in [0.2, 0.25) is 0 Å². The molecule has 3 rings (SSSR count). The van der Waals surface area contributed by atoms with Crippen LogP contribution in [0.3, 0.4) is 0 Å². The second kappa shape index (κ2) is 8.81. The standard InChI is InChI=1S/C18H24B2N2O4/c23-19(24)17-7-3-1-5-15(17)13-21-9-11-22(12-10-21)14-16-6-2-4-8-18(16)20(25)26/h1-8,23-26H,9-14H2. The third-order valence-electron chi connectivity index (χ3n) is 4.92. The van der Waals surface area contributed by atoms with Crippen LogP contribution in [-0.2, 0) is 13.1 Å². The van der Waals surface area contributed by atoms with Crippen molar-refractivity contribution in [1.82, 2.24) is 9.80 Å². The minimum Gasteiger partial charge on any atom is -0.423 e. The maximum atomic E-state index is 9.50. The smallest absolute Gasteiger partial charge is 0.423 e. The molecule has 2 aromatic carbocycles. The van der Waals surface area contributed by atoms with Crippen molar-refractivity contribution < 1.29 is 20.1 Å². The SMILES string of the molecule is OB(O)c1ccccc1CN1CCN(Cc2ccccc2B(O)O)CC1. The molecule has 136 valence electrons. The maximum absolute atomic E-state index is 9.50.